The molecule has 2 saturated heterocycles. The van der Waals surface area contributed by atoms with Gasteiger partial charge in [-0.25, -0.2) is 9.59 Å². The molecule has 1 saturated carbocycles. The average Bonchev–Trinajstić information content (AvgIpc) is 3.35. The third-order valence-electron chi connectivity index (χ3n) is 6.13. The average molecular weight is 402 g/mol. The summed E-state index contributed by atoms with van der Waals surface area (Å²) in [7, 11) is 0. The van der Waals surface area contributed by atoms with E-state index >= 15 is 0 Å². The van der Waals surface area contributed by atoms with E-state index in [-0.39, 0.29) is 23.5 Å². The molecule has 4 rings (SSSR count). The lowest BCUT2D eigenvalue weighted by atomic mass is 9.84. The fourth-order valence-corrected chi connectivity index (χ4v) is 4.54. The Morgan fingerprint density at radius 2 is 1.97 bits per heavy atom. The van der Waals surface area contributed by atoms with Gasteiger partial charge in [0.25, 0.3) is 0 Å². The number of benzene rings is 1. The number of carbonyl (C=O) groups excluding carboxylic acids is 2. The fourth-order valence-electron chi connectivity index (χ4n) is 4.54. The lowest BCUT2D eigenvalue weighted by molar-refractivity contribution is -0.153. The van der Waals surface area contributed by atoms with E-state index in [0.29, 0.717) is 19.7 Å². The number of hydroxylamine groups is 2. The number of hydrogen-bond donors (Lipinski definition) is 1. The number of fused-ring (bicyclic) bond motifs is 3. The molecule has 1 N–H and O–H groups in total. The highest BCUT2D eigenvalue weighted by Crippen LogP contribution is 2.59. The van der Waals surface area contributed by atoms with Crippen LogP contribution in [0.2, 0.25) is 0 Å². The molecule has 1 aromatic rings. The lowest BCUT2D eigenvalue weighted by Gasteiger charge is -2.36. The second-order valence-corrected chi connectivity index (χ2v) is 9.47. The van der Waals surface area contributed by atoms with Crippen molar-refractivity contribution in [1.29, 1.82) is 0 Å². The Kier molecular flexibility index (Phi) is 5.19. The predicted octanol–water partition coefficient (Wildman–Crippen LogP) is 3.69. The van der Waals surface area contributed by atoms with Crippen LogP contribution >= 0.6 is 0 Å². The Morgan fingerprint density at radius 1 is 1.24 bits per heavy atom. The lowest BCUT2D eigenvalue weighted by Crippen LogP contribution is -2.47. The maximum Gasteiger partial charge on any atom is 0.407 e. The molecular formula is C22H31N3O4. The Morgan fingerprint density at radius 3 is 2.62 bits per heavy atom. The van der Waals surface area contributed by atoms with E-state index < -0.39 is 11.7 Å². The number of alkyl carbamates (subject to hydrolysis) is 1. The fraction of sp³-hybridized carbons (Fsp3) is 0.636. The van der Waals surface area contributed by atoms with Gasteiger partial charge in [-0.3, -0.25) is 4.84 Å². The molecule has 2 aliphatic heterocycles. The van der Waals surface area contributed by atoms with Crippen LogP contribution in [-0.2, 0) is 16.2 Å². The summed E-state index contributed by atoms with van der Waals surface area (Å²) >= 11 is 0. The molecule has 1 spiro atoms. The number of nitrogens with zero attached hydrogens (tertiary/aromatic N) is 2. The highest BCUT2D eigenvalue weighted by atomic mass is 16.7. The summed E-state index contributed by atoms with van der Waals surface area (Å²) in [5.74, 6) is 0. The minimum atomic E-state index is -0.512. The first-order valence-corrected chi connectivity index (χ1v) is 10.5. The summed E-state index contributed by atoms with van der Waals surface area (Å²) in [6.45, 7) is 7.14. The van der Waals surface area contributed by atoms with Crippen LogP contribution in [0.25, 0.3) is 0 Å². The molecule has 29 heavy (non-hydrogen) atoms. The Bertz CT molecular complexity index is 757. The van der Waals surface area contributed by atoms with Crippen molar-refractivity contribution in [1.82, 2.24) is 15.3 Å². The third-order valence-corrected chi connectivity index (χ3v) is 6.13. The predicted molar refractivity (Wildman–Crippen MR) is 108 cm³/mol. The number of nitrogens with one attached hydrogen (secondary N) is 1. The molecule has 2 bridgehead atoms. The molecule has 0 radical (unpaired) electrons. The van der Waals surface area contributed by atoms with Gasteiger partial charge in [0.05, 0.1) is 6.04 Å². The smallest absolute Gasteiger partial charge is 0.407 e. The van der Waals surface area contributed by atoms with Crippen molar-refractivity contribution in [3.05, 3.63) is 35.9 Å². The van der Waals surface area contributed by atoms with E-state index in [1.54, 1.807) is 5.06 Å². The van der Waals surface area contributed by atoms with Crippen molar-refractivity contribution in [3.63, 3.8) is 0 Å². The van der Waals surface area contributed by atoms with Gasteiger partial charge in [0.15, 0.2) is 0 Å². The van der Waals surface area contributed by atoms with E-state index in [1.807, 2.05) is 56.0 Å². The maximum absolute atomic E-state index is 13.0. The molecule has 1 aliphatic carbocycles. The summed E-state index contributed by atoms with van der Waals surface area (Å²) in [5, 5.41) is 4.45. The van der Waals surface area contributed by atoms with Gasteiger partial charge < -0.3 is 15.0 Å². The number of ether oxygens (including phenoxy) is 1. The summed E-state index contributed by atoms with van der Waals surface area (Å²) in [4.78, 5) is 32.8. The Hall–Kier alpha value is -2.28. The molecule has 158 valence electrons. The number of amides is 3. The van der Waals surface area contributed by atoms with Gasteiger partial charge in [0.2, 0.25) is 0 Å². The normalized spacial score (nSPS) is 24.7. The topological polar surface area (TPSA) is 71.1 Å². The molecule has 0 aromatic heterocycles. The van der Waals surface area contributed by atoms with Crippen LogP contribution in [0.15, 0.2) is 30.3 Å². The van der Waals surface area contributed by atoms with Crippen LogP contribution in [0.1, 0.15) is 52.0 Å². The second-order valence-electron chi connectivity index (χ2n) is 9.47. The van der Waals surface area contributed by atoms with Gasteiger partial charge in [-0.2, -0.15) is 5.06 Å². The van der Waals surface area contributed by atoms with E-state index in [2.05, 4.69) is 5.32 Å². The first kappa shape index (κ1) is 20.0. The minimum absolute atomic E-state index is 0.0445. The first-order chi connectivity index (χ1) is 13.8. The van der Waals surface area contributed by atoms with Crippen LogP contribution in [0, 0.1) is 5.41 Å². The molecule has 3 amide bonds. The number of urea groups is 1. The van der Waals surface area contributed by atoms with E-state index in [4.69, 9.17) is 9.57 Å². The molecule has 1 aromatic carbocycles. The maximum atomic E-state index is 13.0. The van der Waals surface area contributed by atoms with Gasteiger partial charge in [-0.15, -0.1) is 0 Å². The zero-order valence-electron chi connectivity index (χ0n) is 17.5. The highest BCUT2D eigenvalue weighted by molar-refractivity contribution is 5.77. The van der Waals surface area contributed by atoms with E-state index in [0.717, 1.165) is 31.2 Å². The number of hydrogen-bond acceptors (Lipinski definition) is 4. The summed E-state index contributed by atoms with van der Waals surface area (Å²) in [6, 6.07) is 10.1. The van der Waals surface area contributed by atoms with E-state index in [1.165, 1.54) is 0 Å². The number of rotatable bonds is 6. The number of piperidine rings is 1. The number of carbonyl (C=O) groups is 2. The molecule has 3 fully saturated rings. The second kappa shape index (κ2) is 7.52. The first-order valence-electron chi connectivity index (χ1n) is 10.5. The molecule has 3 aliphatic rings. The van der Waals surface area contributed by atoms with Crippen molar-refractivity contribution in [3.8, 4) is 0 Å². The molecule has 7 heteroatoms. The zero-order valence-corrected chi connectivity index (χ0v) is 17.5. The Balaban J connectivity index is 1.34. The summed E-state index contributed by atoms with van der Waals surface area (Å²) in [6.07, 6.45) is 3.57. The van der Waals surface area contributed by atoms with Crippen molar-refractivity contribution in [2.75, 3.05) is 13.1 Å². The van der Waals surface area contributed by atoms with Gasteiger partial charge in [-0.05, 0) is 57.4 Å². The largest absolute Gasteiger partial charge is 0.444 e. The highest BCUT2D eigenvalue weighted by Gasteiger charge is 2.62. The van der Waals surface area contributed by atoms with Crippen molar-refractivity contribution in [2.45, 2.75) is 70.7 Å². The SMILES string of the molecule is CC(C)(C)OC(=O)NCC[C@@H]1CC2(CC2)[C@@H]2CN1C(=O)N2OCc1ccccc1. The van der Waals surface area contributed by atoms with Crippen molar-refractivity contribution >= 4 is 12.1 Å². The molecule has 7 nitrogen and oxygen atoms in total. The minimum Gasteiger partial charge on any atom is -0.444 e. The van der Waals surface area contributed by atoms with Crippen LogP contribution in [-0.4, -0.2) is 52.9 Å². The molecule has 2 atom stereocenters. The molecule has 0 unspecified atom stereocenters. The molecule has 2 heterocycles. The standard InChI is InChI=1S/C22H31N3O4/c1-21(2,3)29-19(26)23-12-9-17-13-22(10-11-22)18-14-24(17)20(27)25(18)28-15-16-7-5-4-6-8-16/h4-8,17-18H,9-15H2,1-3H3,(H,23,26)/t17-,18+/m1/s1. The van der Waals surface area contributed by atoms with Crippen LogP contribution in [0.5, 0.6) is 0 Å². The van der Waals surface area contributed by atoms with Crippen molar-refractivity contribution in [2.24, 2.45) is 5.41 Å². The van der Waals surface area contributed by atoms with Crippen LogP contribution in [0.4, 0.5) is 9.59 Å². The molecular weight excluding hydrogens is 370 g/mol. The van der Waals surface area contributed by atoms with Gasteiger partial charge >= 0.3 is 12.1 Å². The summed E-state index contributed by atoms with van der Waals surface area (Å²) in [5.41, 5.74) is 0.720. The van der Waals surface area contributed by atoms with Crippen molar-refractivity contribution < 1.29 is 19.2 Å². The Labute approximate surface area is 172 Å². The van der Waals surface area contributed by atoms with Crippen LogP contribution < -0.4 is 5.32 Å². The van der Waals surface area contributed by atoms with Gasteiger partial charge in [-0.1, -0.05) is 30.3 Å². The quantitative estimate of drug-likeness (QED) is 0.789. The zero-order chi connectivity index (χ0) is 20.6. The monoisotopic (exact) mass is 401 g/mol. The third kappa shape index (κ3) is 4.34. The van der Waals surface area contributed by atoms with Gasteiger partial charge in [0.1, 0.15) is 12.2 Å². The van der Waals surface area contributed by atoms with E-state index in [9.17, 15) is 9.59 Å². The van der Waals surface area contributed by atoms with Gasteiger partial charge in [0, 0.05) is 19.1 Å². The summed E-state index contributed by atoms with van der Waals surface area (Å²) < 4.78 is 5.30. The van der Waals surface area contributed by atoms with Crippen LogP contribution in [0.3, 0.4) is 0 Å².